The van der Waals surface area contributed by atoms with Crippen LogP contribution in [-0.4, -0.2) is 74.9 Å². The highest BCUT2D eigenvalue weighted by Gasteiger charge is 2.27. The number of likely N-dealkylation sites (N-methyl/N-ethyl adjacent to an activating group) is 1. The number of esters is 2. The molecule has 0 aliphatic rings. The highest BCUT2D eigenvalue weighted by molar-refractivity contribution is 7.47. The minimum Gasteiger partial charge on any atom is -0.462 e. The Balaban J connectivity index is 3.97. The van der Waals surface area contributed by atoms with Crippen LogP contribution < -0.4 is 0 Å². The van der Waals surface area contributed by atoms with Crippen molar-refractivity contribution < 1.29 is 42.1 Å². The molecule has 0 rings (SSSR count). The van der Waals surface area contributed by atoms with Gasteiger partial charge in [0, 0.05) is 12.8 Å². The number of nitrogens with zero attached hydrogens (tertiary/aromatic N) is 1. The van der Waals surface area contributed by atoms with Gasteiger partial charge in [-0.25, -0.2) is 4.57 Å². The molecule has 0 radical (unpaired) electrons. The van der Waals surface area contributed by atoms with Gasteiger partial charge >= 0.3 is 19.8 Å². The van der Waals surface area contributed by atoms with Crippen molar-refractivity contribution in [1.29, 1.82) is 0 Å². The van der Waals surface area contributed by atoms with E-state index in [1.165, 1.54) is 238 Å². The predicted molar refractivity (Wildman–Crippen MR) is 395 cm³/mol. The predicted octanol–water partition coefficient (Wildman–Crippen LogP) is 25.4. The second-order valence-corrected chi connectivity index (χ2v) is 28.5. The van der Waals surface area contributed by atoms with Crippen LogP contribution in [-0.2, 0) is 32.7 Å². The number of phosphoric acid groups is 1. The Hall–Kier alpha value is -3.07. The van der Waals surface area contributed by atoms with Crippen molar-refractivity contribution >= 4 is 19.8 Å². The van der Waals surface area contributed by atoms with Gasteiger partial charge in [-0.1, -0.05) is 361 Å². The van der Waals surface area contributed by atoms with Crippen LogP contribution in [0.25, 0.3) is 0 Å². The second-order valence-electron chi connectivity index (χ2n) is 27.0. The minimum absolute atomic E-state index is 0.0317. The molecule has 0 aliphatic carbocycles. The summed E-state index contributed by atoms with van der Waals surface area (Å²) in [4.78, 5) is 35.9. The molecule has 0 aliphatic heterocycles. The van der Waals surface area contributed by atoms with Crippen molar-refractivity contribution in [3.8, 4) is 0 Å². The van der Waals surface area contributed by atoms with Gasteiger partial charge in [-0.3, -0.25) is 18.6 Å². The summed E-state index contributed by atoms with van der Waals surface area (Å²) < 4.78 is 34.8. The van der Waals surface area contributed by atoms with Crippen molar-refractivity contribution in [2.45, 2.75) is 360 Å². The molecular weight excluding hydrogens is 1150 g/mol. The molecule has 0 spiro atoms. The minimum atomic E-state index is -4.40. The molecule has 0 saturated heterocycles. The lowest BCUT2D eigenvalue weighted by atomic mass is 10.0. The van der Waals surface area contributed by atoms with E-state index in [4.69, 9.17) is 18.5 Å². The molecular formula is C81H147NO8P+. The van der Waals surface area contributed by atoms with Crippen LogP contribution in [0.2, 0.25) is 0 Å². The normalized spacial score (nSPS) is 13.6. The van der Waals surface area contributed by atoms with Crippen molar-refractivity contribution in [2.75, 3.05) is 47.5 Å². The number of allylic oxidation sites excluding steroid dienone is 16. The lowest BCUT2D eigenvalue weighted by Crippen LogP contribution is -2.37. The van der Waals surface area contributed by atoms with Gasteiger partial charge in [0.25, 0.3) is 0 Å². The highest BCUT2D eigenvalue weighted by Crippen LogP contribution is 2.43. The first-order valence-electron chi connectivity index (χ1n) is 38.5. The topological polar surface area (TPSA) is 108 Å². The van der Waals surface area contributed by atoms with Crippen molar-refractivity contribution in [3.63, 3.8) is 0 Å². The monoisotopic (exact) mass is 1290 g/mol. The van der Waals surface area contributed by atoms with Crippen molar-refractivity contribution in [2.24, 2.45) is 0 Å². The summed E-state index contributed by atoms with van der Waals surface area (Å²) in [6.45, 7) is 4.38. The van der Waals surface area contributed by atoms with Gasteiger partial charge in [0.1, 0.15) is 19.8 Å². The molecule has 91 heavy (non-hydrogen) atoms. The number of ether oxygens (including phenoxy) is 2. The lowest BCUT2D eigenvalue weighted by molar-refractivity contribution is -0.870. The SMILES string of the molecule is CC/C=C\C/C=C\C/C=C\C/C=C\C/C=C\C/C=C\C/C=C\C/C=C\CCCCCCCCCCCCCCCCCCC(=O)OC(COC(=O)CCCCCCCCCCCCCCCCCCCCCCCCCCCC)COP(=O)(O)OCC[N+](C)(C)C. The number of phosphoric ester groups is 1. The standard InChI is InChI=1S/C81H146NO8P/c1-6-8-10-12-14-16-18-20-22-24-26-28-30-32-34-35-36-37-38-39-40-41-42-43-44-45-46-47-48-50-52-54-56-58-60-62-64-66-68-70-72-74-81(84)90-79(78-89-91(85,86)88-76-75-82(3,4)5)77-87-80(83)73-71-69-67-65-63-61-59-57-55-53-51-49-33-31-29-27-25-23-21-19-17-15-13-11-9-7-2/h8,10,14,16,20,22,26,28,32,34,36-37,39-40,42-43,79H,6-7,9,11-13,15,17-19,21,23-25,27,29-31,33,35,38,41,44-78H2,1-5H3/p+1/b10-8-,16-14-,22-20-,28-26-,34-32-,37-36-,40-39-,43-42-. The Morgan fingerprint density at radius 3 is 0.934 bits per heavy atom. The Kier molecular flexibility index (Phi) is 68.8. The van der Waals surface area contributed by atoms with Crippen molar-refractivity contribution in [1.82, 2.24) is 0 Å². The smallest absolute Gasteiger partial charge is 0.462 e. The third-order valence-corrected chi connectivity index (χ3v) is 17.9. The first-order chi connectivity index (χ1) is 44.5. The number of unbranched alkanes of at least 4 members (excludes halogenated alkanes) is 41. The Morgan fingerprint density at radius 2 is 0.626 bits per heavy atom. The molecule has 528 valence electrons. The van der Waals surface area contributed by atoms with E-state index in [2.05, 4.69) is 111 Å². The molecule has 0 aromatic heterocycles. The van der Waals surface area contributed by atoms with E-state index in [9.17, 15) is 19.0 Å². The fourth-order valence-electron chi connectivity index (χ4n) is 11.0. The van der Waals surface area contributed by atoms with Crippen LogP contribution in [0.5, 0.6) is 0 Å². The van der Waals surface area contributed by atoms with Gasteiger partial charge in [-0.15, -0.1) is 0 Å². The zero-order chi connectivity index (χ0) is 66.2. The third-order valence-electron chi connectivity index (χ3n) is 16.9. The molecule has 2 unspecified atom stereocenters. The number of hydrogen-bond acceptors (Lipinski definition) is 7. The van der Waals surface area contributed by atoms with Crippen LogP contribution in [0, 0.1) is 0 Å². The van der Waals surface area contributed by atoms with E-state index in [-0.39, 0.29) is 25.6 Å². The third kappa shape index (κ3) is 75.8. The van der Waals surface area contributed by atoms with Crippen LogP contribution in [0.3, 0.4) is 0 Å². The molecule has 2 atom stereocenters. The number of rotatable bonds is 71. The largest absolute Gasteiger partial charge is 0.472 e. The van der Waals surface area contributed by atoms with E-state index >= 15 is 0 Å². The number of carbonyl (C=O) groups is 2. The molecule has 0 aromatic rings. The molecule has 0 aromatic carbocycles. The molecule has 0 fully saturated rings. The van der Waals surface area contributed by atoms with E-state index in [0.29, 0.717) is 23.9 Å². The summed E-state index contributed by atoms with van der Waals surface area (Å²) in [6.07, 6.45) is 99.7. The Morgan fingerprint density at radius 1 is 0.352 bits per heavy atom. The van der Waals surface area contributed by atoms with Crippen LogP contribution >= 0.6 is 7.82 Å². The first-order valence-corrected chi connectivity index (χ1v) is 40.0. The summed E-state index contributed by atoms with van der Waals surface area (Å²) in [6, 6.07) is 0. The first kappa shape index (κ1) is 87.9. The molecule has 10 heteroatoms. The number of quaternary nitrogens is 1. The quantitative estimate of drug-likeness (QED) is 0.0211. The maximum atomic E-state index is 12.9. The number of carbonyl (C=O) groups excluding carboxylic acids is 2. The van der Waals surface area contributed by atoms with Gasteiger partial charge in [-0.05, 0) is 77.0 Å². The lowest BCUT2D eigenvalue weighted by Gasteiger charge is -2.24. The summed E-state index contributed by atoms with van der Waals surface area (Å²) in [7, 11) is 1.49. The Labute approximate surface area is 564 Å². The van der Waals surface area contributed by atoms with Crippen molar-refractivity contribution in [3.05, 3.63) is 97.2 Å². The van der Waals surface area contributed by atoms with E-state index < -0.39 is 26.5 Å². The molecule has 9 nitrogen and oxygen atoms in total. The fraction of sp³-hybridized carbons (Fsp3) is 0.778. The Bertz CT molecular complexity index is 1860. The summed E-state index contributed by atoms with van der Waals surface area (Å²) >= 11 is 0. The van der Waals surface area contributed by atoms with E-state index in [0.717, 1.165) is 83.5 Å². The van der Waals surface area contributed by atoms with E-state index in [1.807, 2.05) is 21.1 Å². The van der Waals surface area contributed by atoms with Gasteiger partial charge in [-0.2, -0.15) is 0 Å². The van der Waals surface area contributed by atoms with Gasteiger partial charge in [0.2, 0.25) is 0 Å². The summed E-state index contributed by atoms with van der Waals surface area (Å²) in [5, 5.41) is 0. The van der Waals surface area contributed by atoms with Crippen LogP contribution in [0.4, 0.5) is 0 Å². The average Bonchev–Trinajstić information content (AvgIpc) is 3.69. The molecule has 0 saturated carbocycles. The highest BCUT2D eigenvalue weighted by atomic mass is 31.2. The summed E-state index contributed by atoms with van der Waals surface area (Å²) in [5.74, 6) is -0.781. The molecule has 0 heterocycles. The van der Waals surface area contributed by atoms with Gasteiger partial charge in [0.05, 0.1) is 27.7 Å². The zero-order valence-corrected chi connectivity index (χ0v) is 61.2. The number of hydrogen-bond donors (Lipinski definition) is 1. The molecule has 1 N–H and O–H groups in total. The van der Waals surface area contributed by atoms with Gasteiger partial charge in [0.15, 0.2) is 6.10 Å². The maximum Gasteiger partial charge on any atom is 0.472 e. The molecule has 0 amide bonds. The maximum absolute atomic E-state index is 12.9. The summed E-state index contributed by atoms with van der Waals surface area (Å²) in [5.41, 5.74) is 0. The fourth-order valence-corrected chi connectivity index (χ4v) is 11.8. The van der Waals surface area contributed by atoms with Crippen LogP contribution in [0.15, 0.2) is 97.2 Å². The van der Waals surface area contributed by atoms with E-state index in [1.54, 1.807) is 0 Å². The van der Waals surface area contributed by atoms with Gasteiger partial charge < -0.3 is 18.9 Å². The average molecular weight is 1290 g/mol. The second kappa shape index (κ2) is 71.2. The van der Waals surface area contributed by atoms with Crippen LogP contribution in [0.1, 0.15) is 354 Å². The molecule has 0 bridgehead atoms. The zero-order valence-electron chi connectivity index (χ0n) is 60.3.